The zero-order chi connectivity index (χ0) is 16.5. The zero-order valence-electron chi connectivity index (χ0n) is 12.8. The topological polar surface area (TPSA) is 50.3 Å². The molecule has 3 heterocycles. The first-order valence-electron chi connectivity index (χ1n) is 7.61. The van der Waals surface area contributed by atoms with Crippen molar-refractivity contribution in [1.82, 2.24) is 9.88 Å². The number of carbonyl (C=O) groups excluding carboxylic acids is 2. The molecule has 5 heteroatoms. The Morgan fingerprint density at radius 2 is 1.92 bits per heavy atom. The van der Waals surface area contributed by atoms with E-state index in [2.05, 4.69) is 4.98 Å². The molecule has 24 heavy (non-hydrogen) atoms. The molecule has 0 saturated carbocycles. The van der Waals surface area contributed by atoms with Gasteiger partial charge >= 0.3 is 0 Å². The fourth-order valence-electron chi connectivity index (χ4n) is 2.96. The van der Waals surface area contributed by atoms with Gasteiger partial charge in [0.15, 0.2) is 6.29 Å². The van der Waals surface area contributed by atoms with Gasteiger partial charge in [-0.15, -0.1) is 11.8 Å². The van der Waals surface area contributed by atoms with Crippen LogP contribution in [0.1, 0.15) is 11.3 Å². The number of pyridine rings is 1. The lowest BCUT2D eigenvalue weighted by Gasteiger charge is -2.45. The number of fused-ring (bicyclic) bond motifs is 1. The molecule has 1 atom stereocenters. The van der Waals surface area contributed by atoms with Gasteiger partial charge in [-0.05, 0) is 29.3 Å². The number of hydrogen-bond donors (Lipinski definition) is 0. The highest BCUT2D eigenvalue weighted by molar-refractivity contribution is 8.00. The van der Waals surface area contributed by atoms with Crippen molar-refractivity contribution >= 4 is 35.6 Å². The maximum atomic E-state index is 12.6. The second kappa shape index (κ2) is 6.09. The first-order chi connectivity index (χ1) is 11.8. The van der Waals surface area contributed by atoms with Crippen LogP contribution in [0.25, 0.3) is 11.6 Å². The highest BCUT2D eigenvalue weighted by Crippen LogP contribution is 2.45. The van der Waals surface area contributed by atoms with Crippen molar-refractivity contribution in [2.75, 3.05) is 5.75 Å². The third kappa shape index (κ3) is 2.37. The van der Waals surface area contributed by atoms with Crippen molar-refractivity contribution in [2.24, 2.45) is 0 Å². The summed E-state index contributed by atoms with van der Waals surface area (Å²) in [5.74, 6) is 0.583. The van der Waals surface area contributed by atoms with Crippen molar-refractivity contribution in [3.8, 4) is 0 Å². The van der Waals surface area contributed by atoms with Gasteiger partial charge in [-0.2, -0.15) is 0 Å². The second-order valence-corrected chi connectivity index (χ2v) is 6.61. The third-order valence-corrected chi connectivity index (χ3v) is 5.38. The number of hydrogen-bond acceptors (Lipinski definition) is 4. The van der Waals surface area contributed by atoms with E-state index >= 15 is 0 Å². The normalized spacial score (nSPS) is 21.5. The number of carbonyl (C=O) groups is 2. The van der Waals surface area contributed by atoms with Crippen LogP contribution in [0.5, 0.6) is 0 Å². The highest BCUT2D eigenvalue weighted by atomic mass is 32.2. The van der Waals surface area contributed by atoms with Crippen LogP contribution >= 0.6 is 11.8 Å². The van der Waals surface area contributed by atoms with E-state index in [1.54, 1.807) is 22.9 Å². The van der Waals surface area contributed by atoms with Gasteiger partial charge in [-0.3, -0.25) is 19.5 Å². The van der Waals surface area contributed by atoms with Crippen molar-refractivity contribution < 1.29 is 9.59 Å². The summed E-state index contributed by atoms with van der Waals surface area (Å²) in [5, 5.41) is -0.104. The van der Waals surface area contributed by atoms with E-state index in [0.717, 1.165) is 23.1 Å². The van der Waals surface area contributed by atoms with Crippen molar-refractivity contribution in [3.05, 3.63) is 77.3 Å². The molecule has 0 N–H and O–H groups in total. The molecule has 2 aliphatic heterocycles. The van der Waals surface area contributed by atoms with Gasteiger partial charge in [0.2, 0.25) is 0 Å². The Morgan fingerprint density at radius 1 is 1.12 bits per heavy atom. The van der Waals surface area contributed by atoms with Crippen LogP contribution in [-0.2, 0) is 9.59 Å². The van der Waals surface area contributed by atoms with E-state index in [1.807, 2.05) is 54.6 Å². The van der Waals surface area contributed by atoms with Gasteiger partial charge in [0.05, 0.1) is 17.0 Å². The third-order valence-electron chi connectivity index (χ3n) is 4.15. The molecule has 1 aromatic carbocycles. The average Bonchev–Trinajstić information content (AvgIpc) is 2.66. The van der Waals surface area contributed by atoms with Crippen LogP contribution in [0.2, 0.25) is 0 Å². The molecule has 4 rings (SSSR count). The Kier molecular flexibility index (Phi) is 3.78. The van der Waals surface area contributed by atoms with Crippen LogP contribution in [0, 0.1) is 0 Å². The second-order valence-electron chi connectivity index (χ2n) is 5.54. The van der Waals surface area contributed by atoms with Gasteiger partial charge in [-0.25, -0.2) is 0 Å². The van der Waals surface area contributed by atoms with Crippen molar-refractivity contribution in [2.45, 2.75) is 5.37 Å². The number of rotatable bonds is 3. The quantitative estimate of drug-likeness (QED) is 0.492. The Hall–Kier alpha value is -2.66. The number of aldehydes is 1. The molecule has 4 nitrogen and oxygen atoms in total. The molecular formula is C19H14N2O2S. The van der Waals surface area contributed by atoms with Gasteiger partial charge in [0, 0.05) is 11.9 Å². The van der Waals surface area contributed by atoms with E-state index in [4.69, 9.17) is 0 Å². The minimum Gasteiger partial charge on any atom is -0.296 e. The van der Waals surface area contributed by atoms with E-state index < -0.39 is 0 Å². The molecule has 1 unspecified atom stereocenters. The van der Waals surface area contributed by atoms with Crippen LogP contribution in [-0.4, -0.2) is 33.2 Å². The molecule has 2 aromatic rings. The van der Waals surface area contributed by atoms with E-state index in [1.165, 1.54) is 0 Å². The summed E-state index contributed by atoms with van der Waals surface area (Å²) in [6, 6.07) is 15.3. The average molecular weight is 334 g/mol. The van der Waals surface area contributed by atoms with Crippen molar-refractivity contribution in [1.29, 1.82) is 0 Å². The standard InChI is InChI=1S/C19H14N2O2S/c22-11-17-16(13-6-2-1-3-7-13)12-24-19-15(18(23)21(17)19)10-14-8-4-5-9-20-14/h1-11,19H,12H2/b15-10-. The molecule has 1 aromatic heterocycles. The molecule has 1 saturated heterocycles. The zero-order valence-corrected chi connectivity index (χ0v) is 13.6. The first kappa shape index (κ1) is 14.9. The summed E-state index contributed by atoms with van der Waals surface area (Å²) < 4.78 is 0. The molecule has 0 spiro atoms. The maximum Gasteiger partial charge on any atom is 0.258 e. The number of benzene rings is 1. The molecule has 0 aliphatic carbocycles. The lowest BCUT2D eigenvalue weighted by molar-refractivity contribution is -0.132. The van der Waals surface area contributed by atoms with E-state index in [-0.39, 0.29) is 11.3 Å². The van der Waals surface area contributed by atoms with Gasteiger partial charge in [0.25, 0.3) is 5.91 Å². The summed E-state index contributed by atoms with van der Waals surface area (Å²) in [4.78, 5) is 30.1. The Morgan fingerprint density at radius 3 is 2.62 bits per heavy atom. The van der Waals surface area contributed by atoms with E-state index in [9.17, 15) is 9.59 Å². The molecule has 1 amide bonds. The molecule has 0 bridgehead atoms. The monoisotopic (exact) mass is 334 g/mol. The van der Waals surface area contributed by atoms with Crippen LogP contribution in [0.15, 0.2) is 66.0 Å². The lowest BCUT2D eigenvalue weighted by Crippen LogP contribution is -2.54. The largest absolute Gasteiger partial charge is 0.296 e. The van der Waals surface area contributed by atoms with Crippen LogP contribution in [0.3, 0.4) is 0 Å². The Labute approximate surface area is 143 Å². The molecule has 2 aliphatic rings. The Bertz CT molecular complexity index is 859. The molecular weight excluding hydrogens is 320 g/mol. The minimum atomic E-state index is -0.117. The SMILES string of the molecule is O=CC1=C(c2ccccc2)CSC2/C(=C\c3ccccn3)C(=O)N12. The number of allylic oxidation sites excluding steroid dienone is 1. The number of amides is 1. The summed E-state index contributed by atoms with van der Waals surface area (Å²) in [7, 11) is 0. The van der Waals surface area contributed by atoms with Gasteiger partial charge in [-0.1, -0.05) is 36.4 Å². The maximum absolute atomic E-state index is 12.6. The number of thioether (sulfide) groups is 1. The van der Waals surface area contributed by atoms with Gasteiger partial charge in [0.1, 0.15) is 5.37 Å². The predicted octanol–water partition coefficient (Wildman–Crippen LogP) is 2.99. The number of nitrogens with zero attached hydrogens (tertiary/aromatic N) is 2. The number of aromatic nitrogens is 1. The van der Waals surface area contributed by atoms with Crippen LogP contribution in [0.4, 0.5) is 0 Å². The molecule has 118 valence electrons. The Balaban J connectivity index is 1.70. The summed E-state index contributed by atoms with van der Waals surface area (Å²) in [5.41, 5.74) is 3.84. The molecule has 0 radical (unpaired) electrons. The van der Waals surface area contributed by atoms with E-state index in [0.29, 0.717) is 17.0 Å². The fraction of sp³-hybridized carbons (Fsp3) is 0.105. The van der Waals surface area contributed by atoms with Crippen LogP contribution < -0.4 is 0 Å². The van der Waals surface area contributed by atoms with Crippen molar-refractivity contribution in [3.63, 3.8) is 0 Å². The molecule has 1 fully saturated rings. The van der Waals surface area contributed by atoms with Gasteiger partial charge < -0.3 is 0 Å². The predicted molar refractivity (Wildman–Crippen MR) is 94.7 cm³/mol. The smallest absolute Gasteiger partial charge is 0.258 e. The summed E-state index contributed by atoms with van der Waals surface area (Å²) >= 11 is 1.66. The summed E-state index contributed by atoms with van der Waals surface area (Å²) in [6.07, 6.45) is 4.31. The fourth-order valence-corrected chi connectivity index (χ4v) is 4.30. The lowest BCUT2D eigenvalue weighted by atomic mass is 9.98. The summed E-state index contributed by atoms with van der Waals surface area (Å²) in [6.45, 7) is 0. The highest BCUT2D eigenvalue weighted by Gasteiger charge is 2.47. The minimum absolute atomic E-state index is 0.104. The first-order valence-corrected chi connectivity index (χ1v) is 8.66. The number of β-lactam (4-membered cyclic amide) rings is 1.